The number of hydrogen-bond acceptors (Lipinski definition) is 2. The average molecular weight is 206 g/mol. The predicted molar refractivity (Wildman–Crippen MR) is 65.5 cm³/mol. The third kappa shape index (κ3) is 4.02. The average Bonchev–Trinajstić information content (AvgIpc) is 2.29. The number of nitrogens with one attached hydrogen (secondary N) is 1. The van der Waals surface area contributed by atoms with E-state index in [2.05, 4.69) is 37.4 Å². The van der Waals surface area contributed by atoms with Crippen LogP contribution < -0.4 is 11.1 Å². The van der Waals surface area contributed by atoms with Crippen LogP contribution in [-0.4, -0.2) is 6.54 Å². The van der Waals surface area contributed by atoms with E-state index in [0.29, 0.717) is 6.54 Å². The zero-order chi connectivity index (χ0) is 11.1. The van der Waals surface area contributed by atoms with Gasteiger partial charge >= 0.3 is 0 Å². The molecule has 0 aliphatic rings. The van der Waals surface area contributed by atoms with Gasteiger partial charge in [0, 0.05) is 13.1 Å². The summed E-state index contributed by atoms with van der Waals surface area (Å²) in [5, 5.41) is 3.47. The summed E-state index contributed by atoms with van der Waals surface area (Å²) in [5.41, 5.74) is 8.25. The molecule has 0 fully saturated rings. The maximum Gasteiger partial charge on any atom is 0.0208 e. The van der Waals surface area contributed by atoms with E-state index >= 15 is 0 Å². The molecule has 0 spiro atoms. The molecule has 1 rings (SSSR count). The van der Waals surface area contributed by atoms with E-state index in [1.807, 2.05) is 6.07 Å². The van der Waals surface area contributed by atoms with Crippen molar-refractivity contribution in [2.75, 3.05) is 6.54 Å². The second-order valence-corrected chi connectivity index (χ2v) is 4.12. The maximum atomic E-state index is 5.68. The summed E-state index contributed by atoms with van der Waals surface area (Å²) in [6.07, 6.45) is 1.23. The molecule has 84 valence electrons. The Hall–Kier alpha value is -0.860. The molecular weight excluding hydrogens is 184 g/mol. The molecule has 0 saturated heterocycles. The van der Waals surface area contributed by atoms with E-state index < -0.39 is 0 Å². The number of hydrogen-bond donors (Lipinski definition) is 2. The van der Waals surface area contributed by atoms with Gasteiger partial charge in [0.25, 0.3) is 0 Å². The van der Waals surface area contributed by atoms with Crippen LogP contribution in [0, 0.1) is 5.92 Å². The minimum Gasteiger partial charge on any atom is -0.326 e. The maximum absolute atomic E-state index is 5.68. The Morgan fingerprint density at radius 2 is 1.93 bits per heavy atom. The highest BCUT2D eigenvalue weighted by Crippen LogP contribution is 2.07. The molecule has 1 atom stereocenters. The van der Waals surface area contributed by atoms with Gasteiger partial charge in [0.15, 0.2) is 0 Å². The molecule has 0 saturated carbocycles. The van der Waals surface area contributed by atoms with Crippen LogP contribution in [0.15, 0.2) is 24.3 Å². The van der Waals surface area contributed by atoms with Crippen molar-refractivity contribution in [3.63, 3.8) is 0 Å². The van der Waals surface area contributed by atoms with Crippen molar-refractivity contribution in [3.8, 4) is 0 Å². The minimum absolute atomic E-state index is 0.626. The highest BCUT2D eigenvalue weighted by atomic mass is 14.9. The molecule has 3 N–H and O–H groups in total. The molecule has 0 heterocycles. The fourth-order valence-electron chi connectivity index (χ4n) is 1.53. The van der Waals surface area contributed by atoms with Crippen LogP contribution in [0.3, 0.4) is 0 Å². The predicted octanol–water partition coefficient (Wildman–Crippen LogP) is 2.28. The van der Waals surface area contributed by atoms with Crippen LogP contribution in [0.2, 0.25) is 0 Å². The van der Waals surface area contributed by atoms with Gasteiger partial charge in [-0.05, 0) is 23.6 Å². The summed E-state index contributed by atoms with van der Waals surface area (Å²) in [6.45, 7) is 7.12. The molecule has 0 bridgehead atoms. The third-order valence-electron chi connectivity index (χ3n) is 2.84. The fourth-order valence-corrected chi connectivity index (χ4v) is 1.53. The van der Waals surface area contributed by atoms with Crippen LogP contribution in [0.1, 0.15) is 31.4 Å². The fraction of sp³-hybridized carbons (Fsp3) is 0.538. The zero-order valence-electron chi connectivity index (χ0n) is 9.79. The summed E-state index contributed by atoms with van der Waals surface area (Å²) in [7, 11) is 0. The van der Waals surface area contributed by atoms with Crippen LogP contribution >= 0.6 is 0 Å². The molecule has 0 aliphatic heterocycles. The van der Waals surface area contributed by atoms with E-state index in [1.54, 1.807) is 0 Å². The van der Waals surface area contributed by atoms with Crippen molar-refractivity contribution in [3.05, 3.63) is 35.4 Å². The quantitative estimate of drug-likeness (QED) is 0.749. The van der Waals surface area contributed by atoms with E-state index in [1.165, 1.54) is 17.5 Å². The molecule has 15 heavy (non-hydrogen) atoms. The van der Waals surface area contributed by atoms with Gasteiger partial charge in [0.05, 0.1) is 0 Å². The minimum atomic E-state index is 0.626. The Morgan fingerprint density at radius 3 is 2.53 bits per heavy atom. The van der Waals surface area contributed by atoms with Gasteiger partial charge in [-0.2, -0.15) is 0 Å². The van der Waals surface area contributed by atoms with Crippen molar-refractivity contribution in [2.24, 2.45) is 11.7 Å². The lowest BCUT2D eigenvalue weighted by Gasteiger charge is -2.12. The van der Waals surface area contributed by atoms with Gasteiger partial charge in [0.1, 0.15) is 0 Å². The summed E-state index contributed by atoms with van der Waals surface area (Å²) in [6, 6.07) is 8.35. The van der Waals surface area contributed by atoms with Crippen molar-refractivity contribution in [1.82, 2.24) is 5.32 Å². The highest BCUT2D eigenvalue weighted by molar-refractivity contribution is 5.26. The molecule has 2 nitrogen and oxygen atoms in total. The van der Waals surface area contributed by atoms with Crippen LogP contribution in [-0.2, 0) is 13.1 Å². The van der Waals surface area contributed by atoms with Gasteiger partial charge in [-0.3, -0.25) is 0 Å². The Bertz CT molecular complexity index is 284. The summed E-state index contributed by atoms with van der Waals surface area (Å²) >= 11 is 0. The number of nitrogens with two attached hydrogens (primary N) is 1. The van der Waals surface area contributed by atoms with E-state index in [4.69, 9.17) is 5.73 Å². The summed E-state index contributed by atoms with van der Waals surface area (Å²) < 4.78 is 0. The lowest BCUT2D eigenvalue weighted by Crippen LogP contribution is -2.21. The van der Waals surface area contributed by atoms with E-state index in [-0.39, 0.29) is 0 Å². The first-order valence-electron chi connectivity index (χ1n) is 5.75. The van der Waals surface area contributed by atoms with Gasteiger partial charge in [-0.25, -0.2) is 0 Å². The molecule has 0 aliphatic carbocycles. The number of rotatable bonds is 6. The zero-order valence-corrected chi connectivity index (χ0v) is 9.79. The summed E-state index contributed by atoms with van der Waals surface area (Å²) in [4.78, 5) is 0. The lowest BCUT2D eigenvalue weighted by atomic mass is 10.1. The van der Waals surface area contributed by atoms with Crippen LogP contribution in [0.5, 0.6) is 0 Å². The Balaban J connectivity index is 2.43. The van der Waals surface area contributed by atoms with Gasteiger partial charge in [-0.1, -0.05) is 44.5 Å². The molecule has 1 aromatic carbocycles. The topological polar surface area (TPSA) is 38.0 Å². The normalized spacial score (nSPS) is 12.7. The largest absolute Gasteiger partial charge is 0.326 e. The second kappa shape index (κ2) is 6.59. The molecule has 1 aromatic rings. The Labute approximate surface area is 92.9 Å². The van der Waals surface area contributed by atoms with E-state index in [0.717, 1.165) is 19.0 Å². The molecule has 0 aromatic heterocycles. The third-order valence-corrected chi connectivity index (χ3v) is 2.84. The molecule has 1 unspecified atom stereocenters. The first-order chi connectivity index (χ1) is 7.27. The smallest absolute Gasteiger partial charge is 0.0208 e. The second-order valence-electron chi connectivity index (χ2n) is 4.12. The van der Waals surface area contributed by atoms with Gasteiger partial charge < -0.3 is 11.1 Å². The van der Waals surface area contributed by atoms with E-state index in [9.17, 15) is 0 Å². The first kappa shape index (κ1) is 12.2. The van der Waals surface area contributed by atoms with Crippen molar-refractivity contribution < 1.29 is 0 Å². The molecular formula is C13H22N2. The lowest BCUT2D eigenvalue weighted by molar-refractivity contribution is 0.499. The molecule has 0 radical (unpaired) electrons. The highest BCUT2D eigenvalue weighted by Gasteiger charge is 2.01. The monoisotopic (exact) mass is 206 g/mol. The van der Waals surface area contributed by atoms with Crippen LogP contribution in [0.4, 0.5) is 0 Å². The number of benzene rings is 1. The standard InChI is InChI=1S/C13H22N2/c1-3-11(2)9-15-10-13-7-5-4-6-12(13)8-14/h4-7,11,15H,3,8-10,14H2,1-2H3. The summed E-state index contributed by atoms with van der Waals surface area (Å²) in [5.74, 6) is 0.745. The van der Waals surface area contributed by atoms with Crippen molar-refractivity contribution in [2.45, 2.75) is 33.4 Å². The van der Waals surface area contributed by atoms with Gasteiger partial charge in [-0.15, -0.1) is 0 Å². The Morgan fingerprint density at radius 1 is 1.27 bits per heavy atom. The first-order valence-corrected chi connectivity index (χ1v) is 5.75. The molecule has 2 heteroatoms. The van der Waals surface area contributed by atoms with Crippen LogP contribution in [0.25, 0.3) is 0 Å². The van der Waals surface area contributed by atoms with Crippen molar-refractivity contribution >= 4 is 0 Å². The molecule has 0 amide bonds. The van der Waals surface area contributed by atoms with Gasteiger partial charge in [0.2, 0.25) is 0 Å². The SMILES string of the molecule is CCC(C)CNCc1ccccc1CN. The Kier molecular flexibility index (Phi) is 5.37. The van der Waals surface area contributed by atoms with Crippen molar-refractivity contribution in [1.29, 1.82) is 0 Å².